The minimum Gasteiger partial charge on any atom is -0.506 e. The normalized spacial score (nSPS) is 12.8. The van der Waals surface area contributed by atoms with E-state index >= 15 is 0 Å². The van der Waals surface area contributed by atoms with Crippen LogP contribution in [0.15, 0.2) is 47.3 Å². The summed E-state index contributed by atoms with van der Waals surface area (Å²) in [5, 5.41) is 13.9. The van der Waals surface area contributed by atoms with Crippen LogP contribution < -0.4 is 15.6 Å². The van der Waals surface area contributed by atoms with Crippen LogP contribution in [0.1, 0.15) is 29.3 Å². The van der Waals surface area contributed by atoms with Crippen molar-refractivity contribution in [1.29, 1.82) is 0 Å². The second kappa shape index (κ2) is 6.79. The van der Waals surface area contributed by atoms with Crippen LogP contribution in [0.2, 0.25) is 0 Å². The second-order valence-electron chi connectivity index (χ2n) is 6.51. The number of aromatic hydroxyl groups is 1. The lowest BCUT2D eigenvalue weighted by atomic mass is 9.99. The number of aryl methyl sites for hydroxylation is 2. The molecule has 0 fully saturated rings. The molecule has 138 valence electrons. The summed E-state index contributed by atoms with van der Waals surface area (Å²) in [6, 6.07) is 12.4. The van der Waals surface area contributed by atoms with Crippen LogP contribution in [0.5, 0.6) is 11.5 Å². The number of hydrogen-bond donors (Lipinski definition) is 2. The first kappa shape index (κ1) is 17.1. The van der Waals surface area contributed by atoms with E-state index in [1.165, 1.54) is 0 Å². The molecular formula is C21H20N2O4. The van der Waals surface area contributed by atoms with Crippen LogP contribution in [0, 0.1) is 0 Å². The summed E-state index contributed by atoms with van der Waals surface area (Å²) in [5.74, 6) is -0.192. The van der Waals surface area contributed by atoms with Gasteiger partial charge in [0.1, 0.15) is 17.1 Å². The van der Waals surface area contributed by atoms with Gasteiger partial charge in [-0.15, -0.1) is 0 Å². The number of pyridine rings is 1. The number of carbonyl (C=O) groups excluding carboxylic acids is 1. The maximum absolute atomic E-state index is 12.9. The minimum atomic E-state index is -0.622. The maximum Gasteiger partial charge on any atom is 0.267 e. The number of para-hydroxylation sites is 1. The van der Waals surface area contributed by atoms with Gasteiger partial charge in [0.15, 0.2) is 0 Å². The van der Waals surface area contributed by atoms with Gasteiger partial charge in [0, 0.05) is 17.6 Å². The van der Waals surface area contributed by atoms with Crippen LogP contribution in [-0.4, -0.2) is 22.2 Å². The van der Waals surface area contributed by atoms with Crippen molar-refractivity contribution in [3.05, 3.63) is 63.9 Å². The fraction of sp³-hybridized carbons (Fsp3) is 0.238. The Kier molecular flexibility index (Phi) is 4.32. The van der Waals surface area contributed by atoms with E-state index in [4.69, 9.17) is 4.74 Å². The lowest BCUT2D eigenvalue weighted by molar-refractivity contribution is 0.102. The number of aromatic nitrogens is 1. The van der Waals surface area contributed by atoms with E-state index in [0.717, 1.165) is 23.9 Å². The number of hydrogen-bond acceptors (Lipinski definition) is 4. The Morgan fingerprint density at radius 2 is 2.00 bits per heavy atom. The Balaban J connectivity index is 1.75. The standard InChI is InChI=1S/C21H20N2O4/c1-2-27-15-10-8-14(9-11-15)22-20(25)17-19(24)16-7-3-5-13-6-4-12-23(18(13)16)21(17)26/h3,5,7-11,24H,2,4,6,12H2,1H3,(H,22,25). The molecule has 6 heteroatoms. The molecule has 0 aliphatic carbocycles. The quantitative estimate of drug-likeness (QED) is 0.744. The van der Waals surface area contributed by atoms with Crippen LogP contribution in [0.3, 0.4) is 0 Å². The summed E-state index contributed by atoms with van der Waals surface area (Å²) in [4.78, 5) is 25.7. The smallest absolute Gasteiger partial charge is 0.267 e. The van der Waals surface area contributed by atoms with E-state index in [0.29, 0.717) is 30.0 Å². The molecule has 27 heavy (non-hydrogen) atoms. The molecule has 0 saturated heterocycles. The van der Waals surface area contributed by atoms with E-state index in [1.54, 1.807) is 34.9 Å². The van der Waals surface area contributed by atoms with E-state index in [1.807, 2.05) is 19.1 Å². The first-order valence-electron chi connectivity index (χ1n) is 9.01. The van der Waals surface area contributed by atoms with Crippen molar-refractivity contribution < 1.29 is 14.6 Å². The summed E-state index contributed by atoms with van der Waals surface area (Å²) in [5.41, 5.74) is 1.58. The van der Waals surface area contributed by atoms with Crippen molar-refractivity contribution in [3.8, 4) is 11.5 Å². The molecule has 3 aromatic rings. The van der Waals surface area contributed by atoms with Gasteiger partial charge < -0.3 is 19.7 Å². The van der Waals surface area contributed by atoms with Gasteiger partial charge in [-0.1, -0.05) is 12.1 Å². The highest BCUT2D eigenvalue weighted by molar-refractivity contribution is 6.09. The zero-order valence-corrected chi connectivity index (χ0v) is 15.0. The van der Waals surface area contributed by atoms with Gasteiger partial charge in [-0.3, -0.25) is 9.59 Å². The maximum atomic E-state index is 12.9. The van der Waals surface area contributed by atoms with E-state index < -0.39 is 11.5 Å². The summed E-state index contributed by atoms with van der Waals surface area (Å²) in [6.07, 6.45) is 1.69. The van der Waals surface area contributed by atoms with Gasteiger partial charge in [-0.2, -0.15) is 0 Å². The largest absolute Gasteiger partial charge is 0.506 e. The molecular weight excluding hydrogens is 344 g/mol. The van der Waals surface area contributed by atoms with E-state index in [-0.39, 0.29) is 11.3 Å². The third kappa shape index (κ3) is 2.93. The van der Waals surface area contributed by atoms with Gasteiger partial charge in [-0.25, -0.2) is 0 Å². The number of anilines is 1. The number of benzene rings is 2. The van der Waals surface area contributed by atoms with Crippen LogP contribution >= 0.6 is 0 Å². The van der Waals surface area contributed by atoms with Crippen molar-refractivity contribution in [1.82, 2.24) is 4.57 Å². The highest BCUT2D eigenvalue weighted by Gasteiger charge is 2.25. The molecule has 6 nitrogen and oxygen atoms in total. The number of amides is 1. The van der Waals surface area contributed by atoms with E-state index in [9.17, 15) is 14.7 Å². The number of nitrogens with one attached hydrogen (secondary N) is 1. The highest BCUT2D eigenvalue weighted by atomic mass is 16.5. The number of nitrogens with zero attached hydrogens (tertiary/aromatic N) is 1. The zero-order valence-electron chi connectivity index (χ0n) is 15.0. The van der Waals surface area contributed by atoms with Crippen molar-refractivity contribution in [2.45, 2.75) is 26.3 Å². The summed E-state index contributed by atoms with van der Waals surface area (Å²) >= 11 is 0. The Morgan fingerprint density at radius 3 is 2.74 bits per heavy atom. The lowest BCUT2D eigenvalue weighted by Gasteiger charge is -2.21. The number of rotatable bonds is 4. The summed E-state index contributed by atoms with van der Waals surface area (Å²) in [6.45, 7) is 2.98. The van der Waals surface area contributed by atoms with Crippen LogP contribution in [0.4, 0.5) is 5.69 Å². The fourth-order valence-electron chi connectivity index (χ4n) is 3.62. The SMILES string of the molecule is CCOc1ccc(NC(=O)c2c(O)c3cccc4c3n(c2=O)CCC4)cc1. The fourth-order valence-corrected chi connectivity index (χ4v) is 3.62. The Bertz CT molecular complexity index is 1080. The molecule has 4 rings (SSSR count). The van der Waals surface area contributed by atoms with Gasteiger partial charge in [0.25, 0.3) is 11.5 Å². The molecule has 2 aromatic carbocycles. The molecule has 0 saturated carbocycles. The molecule has 2 N–H and O–H groups in total. The topological polar surface area (TPSA) is 80.6 Å². The number of ether oxygens (including phenoxy) is 1. The molecule has 2 heterocycles. The second-order valence-corrected chi connectivity index (χ2v) is 6.51. The molecule has 0 spiro atoms. The Hall–Kier alpha value is -3.28. The Morgan fingerprint density at radius 1 is 1.22 bits per heavy atom. The predicted molar refractivity (Wildman–Crippen MR) is 104 cm³/mol. The van der Waals surface area contributed by atoms with Gasteiger partial charge in [0.05, 0.1) is 12.1 Å². The molecule has 1 aliphatic rings. The third-order valence-electron chi connectivity index (χ3n) is 4.82. The average molecular weight is 364 g/mol. The van der Waals surface area contributed by atoms with Crippen LogP contribution in [0.25, 0.3) is 10.9 Å². The zero-order chi connectivity index (χ0) is 19.0. The van der Waals surface area contributed by atoms with Crippen molar-refractivity contribution in [2.24, 2.45) is 0 Å². The summed E-state index contributed by atoms with van der Waals surface area (Å²) in [7, 11) is 0. The molecule has 0 radical (unpaired) electrons. The number of carbonyl (C=O) groups is 1. The molecule has 0 atom stereocenters. The van der Waals surface area contributed by atoms with Crippen molar-refractivity contribution in [3.63, 3.8) is 0 Å². The summed E-state index contributed by atoms with van der Waals surface area (Å²) < 4.78 is 6.98. The minimum absolute atomic E-state index is 0.226. The first-order chi connectivity index (χ1) is 13.1. The molecule has 1 aromatic heterocycles. The molecule has 0 unspecified atom stereocenters. The first-order valence-corrected chi connectivity index (χ1v) is 9.01. The van der Waals surface area contributed by atoms with Crippen molar-refractivity contribution >= 4 is 22.5 Å². The van der Waals surface area contributed by atoms with E-state index in [2.05, 4.69) is 5.32 Å². The molecule has 1 amide bonds. The van der Waals surface area contributed by atoms with Gasteiger partial charge in [0.2, 0.25) is 0 Å². The molecule has 1 aliphatic heterocycles. The van der Waals surface area contributed by atoms with Gasteiger partial charge in [-0.05, 0) is 55.7 Å². The third-order valence-corrected chi connectivity index (χ3v) is 4.82. The van der Waals surface area contributed by atoms with Crippen LogP contribution in [-0.2, 0) is 13.0 Å². The predicted octanol–water partition coefficient (Wildman–Crippen LogP) is 3.30. The lowest BCUT2D eigenvalue weighted by Crippen LogP contribution is -2.31. The monoisotopic (exact) mass is 364 g/mol. The highest BCUT2D eigenvalue weighted by Crippen LogP contribution is 2.32. The molecule has 0 bridgehead atoms. The Labute approximate surface area is 156 Å². The average Bonchev–Trinajstić information content (AvgIpc) is 2.68. The van der Waals surface area contributed by atoms with Crippen molar-refractivity contribution in [2.75, 3.05) is 11.9 Å². The van der Waals surface area contributed by atoms with Gasteiger partial charge >= 0.3 is 0 Å².